The third-order valence-electron chi connectivity index (χ3n) is 4.52. The van der Waals surface area contributed by atoms with Crippen LogP contribution < -0.4 is 16.4 Å². The van der Waals surface area contributed by atoms with E-state index in [1.807, 2.05) is 0 Å². The topological polar surface area (TPSA) is 153 Å². The van der Waals surface area contributed by atoms with E-state index < -0.39 is 47.6 Å². The molecule has 3 amide bonds. The molecule has 1 unspecified atom stereocenters. The summed E-state index contributed by atoms with van der Waals surface area (Å²) in [5, 5.41) is 5.24. The van der Waals surface area contributed by atoms with E-state index in [4.69, 9.17) is 26.8 Å². The molecule has 2 rings (SSSR count). The number of pyridine rings is 1. The molecule has 1 fully saturated rings. The largest absolute Gasteiger partial charge is 0.460 e. The van der Waals surface area contributed by atoms with Crippen LogP contribution in [-0.4, -0.2) is 64.7 Å². The summed E-state index contributed by atoms with van der Waals surface area (Å²) in [6.07, 6.45) is -0.319. The van der Waals surface area contributed by atoms with Crippen molar-refractivity contribution in [3.63, 3.8) is 0 Å². The van der Waals surface area contributed by atoms with Crippen LogP contribution in [0.2, 0.25) is 5.02 Å². The first kappa shape index (κ1) is 25.3. The lowest BCUT2D eigenvalue weighted by Gasteiger charge is -2.42. The molecule has 1 aliphatic rings. The maximum absolute atomic E-state index is 12.9. The first-order chi connectivity index (χ1) is 14.9. The minimum absolute atomic E-state index is 0.116. The van der Waals surface area contributed by atoms with Gasteiger partial charge in [0.25, 0.3) is 0 Å². The van der Waals surface area contributed by atoms with Crippen LogP contribution in [0.3, 0.4) is 0 Å². The van der Waals surface area contributed by atoms with Crippen molar-refractivity contribution < 1.29 is 28.7 Å². The van der Waals surface area contributed by atoms with Crippen LogP contribution in [0.15, 0.2) is 18.3 Å². The Labute approximate surface area is 190 Å². The number of nitrogens with two attached hydrogens (primary N) is 1. The van der Waals surface area contributed by atoms with Crippen LogP contribution in [0.25, 0.3) is 0 Å². The van der Waals surface area contributed by atoms with Gasteiger partial charge in [-0.25, -0.2) is 9.78 Å². The van der Waals surface area contributed by atoms with Gasteiger partial charge >= 0.3 is 23.9 Å². The predicted octanol–water partition coefficient (Wildman–Crippen LogP) is 1.26. The molecule has 1 saturated heterocycles. The van der Waals surface area contributed by atoms with Gasteiger partial charge in [0.1, 0.15) is 17.3 Å². The fourth-order valence-corrected chi connectivity index (χ4v) is 3.26. The summed E-state index contributed by atoms with van der Waals surface area (Å²) in [6, 6.07) is 2.09. The number of anilines is 1. The van der Waals surface area contributed by atoms with Crippen molar-refractivity contribution in [1.82, 2.24) is 15.2 Å². The van der Waals surface area contributed by atoms with E-state index in [9.17, 15) is 19.2 Å². The fourth-order valence-electron chi connectivity index (χ4n) is 3.15. The summed E-state index contributed by atoms with van der Waals surface area (Å²) in [5.74, 6) is -3.66. The SMILES string of the molecule is CCOC(=O)N1CC[C@H](NC(=O)C(=O)Nc2ccc(Cl)cn2)[C@@H](C(=O)OC(C)(C)C)C1N. The lowest BCUT2D eigenvalue weighted by Crippen LogP contribution is -2.64. The van der Waals surface area contributed by atoms with Crippen LogP contribution in [0.5, 0.6) is 0 Å². The van der Waals surface area contributed by atoms with Crippen LogP contribution in [0.4, 0.5) is 10.6 Å². The van der Waals surface area contributed by atoms with Crippen LogP contribution in [-0.2, 0) is 23.9 Å². The van der Waals surface area contributed by atoms with Gasteiger partial charge in [0.05, 0.1) is 17.8 Å². The summed E-state index contributed by atoms with van der Waals surface area (Å²) in [6.45, 7) is 6.95. The number of nitrogens with one attached hydrogen (secondary N) is 2. The van der Waals surface area contributed by atoms with Gasteiger partial charge in [-0.3, -0.25) is 19.3 Å². The summed E-state index contributed by atoms with van der Waals surface area (Å²) < 4.78 is 10.4. The third-order valence-corrected chi connectivity index (χ3v) is 4.74. The molecule has 1 aromatic heterocycles. The number of carbonyl (C=O) groups excluding carboxylic acids is 4. The lowest BCUT2D eigenvalue weighted by atomic mass is 9.88. The summed E-state index contributed by atoms with van der Waals surface area (Å²) in [4.78, 5) is 55.0. The van der Waals surface area contributed by atoms with Crippen LogP contribution in [0.1, 0.15) is 34.1 Å². The van der Waals surface area contributed by atoms with Gasteiger partial charge in [-0.05, 0) is 46.2 Å². The molecule has 3 atom stereocenters. The quantitative estimate of drug-likeness (QED) is 0.440. The second kappa shape index (κ2) is 10.6. The molecular formula is C20H28ClN5O6. The Morgan fingerprint density at radius 3 is 2.50 bits per heavy atom. The molecule has 0 spiro atoms. The Hall–Kier alpha value is -2.92. The second-order valence-electron chi connectivity index (χ2n) is 8.13. The number of ether oxygens (including phenoxy) is 2. The summed E-state index contributed by atoms with van der Waals surface area (Å²) >= 11 is 5.75. The van der Waals surface area contributed by atoms with E-state index in [-0.39, 0.29) is 25.4 Å². The summed E-state index contributed by atoms with van der Waals surface area (Å²) in [5.41, 5.74) is 5.38. The number of likely N-dealkylation sites (tertiary alicyclic amines) is 1. The molecule has 176 valence electrons. The standard InChI is InChI=1S/C20H28ClN5O6/c1-5-31-19(30)26-9-8-12(14(15(26)22)18(29)32-20(2,3)4)24-16(27)17(28)25-13-7-6-11(21)10-23-13/h6-7,10,12,14-15H,5,8-9,22H2,1-4H3,(H,24,27)(H,23,25,28)/t12-,14+,15?/m0/s1. The third kappa shape index (κ3) is 6.79. The average molecular weight is 470 g/mol. The van der Waals surface area contributed by atoms with Gasteiger partial charge in [0.15, 0.2) is 0 Å². The molecule has 0 bridgehead atoms. The van der Waals surface area contributed by atoms with E-state index in [1.54, 1.807) is 27.7 Å². The molecule has 0 aromatic carbocycles. The zero-order valence-corrected chi connectivity index (χ0v) is 19.1. The van der Waals surface area contributed by atoms with E-state index >= 15 is 0 Å². The van der Waals surface area contributed by atoms with Gasteiger partial charge in [-0.15, -0.1) is 0 Å². The van der Waals surface area contributed by atoms with Gasteiger partial charge in [-0.2, -0.15) is 0 Å². The van der Waals surface area contributed by atoms with E-state index in [0.29, 0.717) is 5.02 Å². The molecule has 1 aromatic rings. The van der Waals surface area contributed by atoms with Crippen molar-refractivity contribution in [2.75, 3.05) is 18.5 Å². The van der Waals surface area contributed by atoms with E-state index in [0.717, 1.165) is 0 Å². The molecule has 0 radical (unpaired) electrons. The number of hydrogen-bond acceptors (Lipinski definition) is 8. The normalized spacial score (nSPS) is 20.8. The maximum Gasteiger partial charge on any atom is 0.411 e. The first-order valence-corrected chi connectivity index (χ1v) is 10.5. The Kier molecular flexibility index (Phi) is 8.39. The highest BCUT2D eigenvalue weighted by Gasteiger charge is 2.46. The van der Waals surface area contributed by atoms with Gasteiger partial charge in [0.2, 0.25) is 0 Å². The molecule has 0 saturated carbocycles. The molecule has 32 heavy (non-hydrogen) atoms. The zero-order chi connectivity index (χ0) is 24.1. The Bertz CT molecular complexity index is 857. The number of halogens is 1. The van der Waals surface area contributed by atoms with E-state index in [1.165, 1.54) is 23.2 Å². The summed E-state index contributed by atoms with van der Waals surface area (Å²) in [7, 11) is 0. The van der Waals surface area contributed by atoms with E-state index in [2.05, 4.69) is 15.6 Å². The van der Waals surface area contributed by atoms with Crippen LogP contribution >= 0.6 is 11.6 Å². The highest BCUT2D eigenvalue weighted by molar-refractivity contribution is 6.39. The van der Waals surface area contributed by atoms with Crippen molar-refractivity contribution in [3.8, 4) is 0 Å². The minimum Gasteiger partial charge on any atom is -0.460 e. The van der Waals surface area contributed by atoms with Crippen molar-refractivity contribution >= 4 is 41.3 Å². The zero-order valence-electron chi connectivity index (χ0n) is 18.4. The Balaban J connectivity index is 2.16. The number of piperidine rings is 1. The highest BCUT2D eigenvalue weighted by atomic mass is 35.5. The number of carbonyl (C=O) groups is 4. The molecule has 2 heterocycles. The monoisotopic (exact) mass is 469 g/mol. The van der Waals surface area contributed by atoms with Gasteiger partial charge in [0, 0.05) is 18.8 Å². The number of aromatic nitrogens is 1. The van der Waals surface area contributed by atoms with Crippen molar-refractivity contribution in [1.29, 1.82) is 0 Å². The fraction of sp³-hybridized carbons (Fsp3) is 0.550. The number of rotatable bonds is 4. The van der Waals surface area contributed by atoms with Crippen molar-refractivity contribution in [3.05, 3.63) is 23.4 Å². The molecule has 1 aliphatic heterocycles. The smallest absolute Gasteiger partial charge is 0.411 e. The first-order valence-electron chi connectivity index (χ1n) is 10.1. The predicted molar refractivity (Wildman–Crippen MR) is 115 cm³/mol. The molecule has 0 aliphatic carbocycles. The molecule has 12 heteroatoms. The Morgan fingerprint density at radius 1 is 1.25 bits per heavy atom. The maximum atomic E-state index is 12.9. The number of esters is 1. The number of amides is 3. The molecule has 4 N–H and O–H groups in total. The second-order valence-corrected chi connectivity index (χ2v) is 8.56. The van der Waals surface area contributed by atoms with Gasteiger partial charge < -0.3 is 25.8 Å². The Morgan fingerprint density at radius 2 is 1.94 bits per heavy atom. The lowest BCUT2D eigenvalue weighted by molar-refractivity contribution is -0.165. The molecular weight excluding hydrogens is 442 g/mol. The molecule has 11 nitrogen and oxygen atoms in total. The highest BCUT2D eigenvalue weighted by Crippen LogP contribution is 2.25. The van der Waals surface area contributed by atoms with Crippen molar-refractivity contribution in [2.24, 2.45) is 11.7 Å². The van der Waals surface area contributed by atoms with Crippen molar-refractivity contribution in [2.45, 2.75) is 51.9 Å². The average Bonchev–Trinajstić information content (AvgIpc) is 2.68. The number of nitrogens with zero attached hydrogens (tertiary/aromatic N) is 2. The number of hydrogen-bond donors (Lipinski definition) is 3. The minimum atomic E-state index is -1.12. The van der Waals surface area contributed by atoms with Gasteiger partial charge in [-0.1, -0.05) is 11.6 Å². The van der Waals surface area contributed by atoms with Crippen LogP contribution in [0, 0.1) is 5.92 Å².